The molecule has 3 amide bonds. The molecule has 0 fully saturated rings. The Morgan fingerprint density at radius 3 is 2.10 bits per heavy atom. The molecule has 0 bridgehead atoms. The lowest BCUT2D eigenvalue weighted by Crippen LogP contribution is -2.54. The van der Waals surface area contributed by atoms with Gasteiger partial charge in [0.1, 0.15) is 23.4 Å². The second-order valence-electron chi connectivity index (χ2n) is 10.8. The van der Waals surface area contributed by atoms with Gasteiger partial charge in [-0.2, -0.15) is 0 Å². The Morgan fingerprint density at radius 1 is 0.902 bits per heavy atom. The monoisotopic (exact) mass is 561 g/mol. The van der Waals surface area contributed by atoms with Crippen molar-refractivity contribution >= 4 is 17.9 Å². The number of benzene rings is 3. The number of rotatable bonds is 11. The van der Waals surface area contributed by atoms with E-state index in [0.29, 0.717) is 5.56 Å². The third-order valence-corrected chi connectivity index (χ3v) is 6.33. The zero-order valence-electron chi connectivity index (χ0n) is 24.0. The molecule has 41 heavy (non-hydrogen) atoms. The quantitative estimate of drug-likeness (QED) is 0.280. The van der Waals surface area contributed by atoms with Crippen molar-refractivity contribution in [3.05, 3.63) is 101 Å². The highest BCUT2D eigenvalue weighted by atomic mass is 16.6. The van der Waals surface area contributed by atoms with E-state index in [1.54, 1.807) is 45.9 Å². The number of carbonyl (C=O) groups excluding carboxylic acids is 3. The Hall–Kier alpha value is -4.37. The molecule has 4 N–H and O–H groups in total. The second-order valence-corrected chi connectivity index (χ2v) is 10.8. The lowest BCUT2D eigenvalue weighted by Gasteiger charge is -2.34. The van der Waals surface area contributed by atoms with Gasteiger partial charge < -0.3 is 30.5 Å². The zero-order valence-corrected chi connectivity index (χ0v) is 24.0. The molecule has 3 aromatic carbocycles. The molecule has 2 unspecified atom stereocenters. The Balaban J connectivity index is 2.02. The van der Waals surface area contributed by atoms with E-state index in [2.05, 4.69) is 10.6 Å². The molecule has 0 saturated carbocycles. The average Bonchev–Trinajstić information content (AvgIpc) is 2.93. The average molecular weight is 562 g/mol. The number of aromatic hydroxyl groups is 1. The number of carbonyl (C=O) groups is 3. The van der Waals surface area contributed by atoms with E-state index >= 15 is 0 Å². The Morgan fingerprint density at radius 2 is 1.51 bits per heavy atom. The van der Waals surface area contributed by atoms with Crippen LogP contribution in [0.1, 0.15) is 49.1 Å². The van der Waals surface area contributed by atoms with Crippen LogP contribution in [-0.2, 0) is 27.3 Å². The zero-order chi connectivity index (χ0) is 30.0. The largest absolute Gasteiger partial charge is 0.507 e. The number of nitrogens with zero attached hydrogens (tertiary/aromatic N) is 1. The van der Waals surface area contributed by atoms with Crippen LogP contribution < -0.4 is 10.6 Å². The number of phenolic OH excluding ortho intramolecular Hbond substituents is 1. The minimum absolute atomic E-state index is 0.110. The molecule has 0 spiro atoms. The normalized spacial score (nSPS) is 12.6. The van der Waals surface area contributed by atoms with Gasteiger partial charge in [0.2, 0.25) is 11.8 Å². The predicted molar refractivity (Wildman–Crippen MR) is 156 cm³/mol. The number of aliphatic hydroxyl groups is 1. The summed E-state index contributed by atoms with van der Waals surface area (Å²) in [5.74, 6) is -1.30. The molecule has 218 valence electrons. The maximum Gasteiger partial charge on any atom is 0.408 e. The van der Waals surface area contributed by atoms with Crippen molar-refractivity contribution in [2.75, 3.05) is 13.2 Å². The first kappa shape index (κ1) is 31.2. The van der Waals surface area contributed by atoms with Gasteiger partial charge in [-0.1, -0.05) is 78.9 Å². The minimum atomic E-state index is -1.29. The van der Waals surface area contributed by atoms with Crippen LogP contribution in [0.2, 0.25) is 0 Å². The summed E-state index contributed by atoms with van der Waals surface area (Å²) in [4.78, 5) is 42.0. The van der Waals surface area contributed by atoms with Gasteiger partial charge in [0, 0.05) is 25.1 Å². The summed E-state index contributed by atoms with van der Waals surface area (Å²) in [5.41, 5.74) is 1.54. The molecule has 0 aliphatic rings. The summed E-state index contributed by atoms with van der Waals surface area (Å²) in [7, 11) is 0. The van der Waals surface area contributed by atoms with Crippen molar-refractivity contribution in [3.63, 3.8) is 0 Å². The number of hydrogen-bond acceptors (Lipinski definition) is 6. The van der Waals surface area contributed by atoms with E-state index in [-0.39, 0.29) is 30.8 Å². The fourth-order valence-electron chi connectivity index (χ4n) is 4.41. The molecule has 2 atom stereocenters. The van der Waals surface area contributed by atoms with Gasteiger partial charge in [-0.15, -0.1) is 0 Å². The van der Waals surface area contributed by atoms with Gasteiger partial charge in [0.15, 0.2) is 0 Å². The van der Waals surface area contributed by atoms with Gasteiger partial charge >= 0.3 is 6.09 Å². The SMILES string of the molecule is Cc1cccc(C(C(=O)NCc2ccccc2)N(CCO)C(=O)C(Cc2ccccc2)NC(=O)OC(C)(C)C)c1O. The number of aliphatic hydroxyl groups excluding tert-OH is 1. The Labute approximate surface area is 241 Å². The highest BCUT2D eigenvalue weighted by Crippen LogP contribution is 2.32. The molecule has 0 heterocycles. The number of amides is 3. The molecular formula is C32H39N3O6. The summed E-state index contributed by atoms with van der Waals surface area (Å²) in [5, 5.41) is 26.5. The number of alkyl carbamates (subject to hydrolysis) is 1. The summed E-state index contributed by atoms with van der Waals surface area (Å²) in [6.07, 6.45) is -0.682. The molecule has 0 aliphatic heterocycles. The van der Waals surface area contributed by atoms with E-state index in [4.69, 9.17) is 4.74 Å². The number of hydrogen-bond donors (Lipinski definition) is 4. The summed E-state index contributed by atoms with van der Waals surface area (Å²) in [6.45, 7) is 6.35. The molecular weight excluding hydrogens is 522 g/mol. The first-order valence-electron chi connectivity index (χ1n) is 13.5. The lowest BCUT2D eigenvalue weighted by molar-refractivity contribution is -0.143. The third kappa shape index (κ3) is 9.08. The van der Waals surface area contributed by atoms with Crippen LogP contribution >= 0.6 is 0 Å². The van der Waals surface area contributed by atoms with Crippen LogP contribution in [0.15, 0.2) is 78.9 Å². The summed E-state index contributed by atoms with van der Waals surface area (Å²) >= 11 is 0. The van der Waals surface area contributed by atoms with Crippen molar-refractivity contribution in [1.29, 1.82) is 0 Å². The standard InChI is InChI=1S/C32H39N3O6/c1-22-12-11-17-25(28(22)37)27(29(38)33-21-24-15-9-6-10-16-24)35(18-19-36)30(39)26(20-23-13-7-5-8-14-23)34-31(40)41-32(2,3)4/h5-17,26-27,36-37H,18-21H2,1-4H3,(H,33,38)(H,34,40). The van der Waals surface area contributed by atoms with Crippen LogP contribution in [-0.4, -0.2) is 57.8 Å². The number of nitrogens with one attached hydrogen (secondary N) is 2. The van der Waals surface area contributed by atoms with Crippen LogP contribution in [0.5, 0.6) is 5.75 Å². The van der Waals surface area contributed by atoms with Crippen LogP contribution in [0.3, 0.4) is 0 Å². The van der Waals surface area contributed by atoms with Gasteiger partial charge in [-0.25, -0.2) is 4.79 Å². The topological polar surface area (TPSA) is 128 Å². The van der Waals surface area contributed by atoms with Crippen molar-refractivity contribution in [2.45, 2.75) is 58.3 Å². The van der Waals surface area contributed by atoms with Gasteiger partial charge in [-0.3, -0.25) is 9.59 Å². The molecule has 3 rings (SSSR count). The van der Waals surface area contributed by atoms with Gasteiger partial charge in [0.05, 0.1) is 6.61 Å². The van der Waals surface area contributed by atoms with Crippen molar-refractivity contribution in [1.82, 2.24) is 15.5 Å². The highest BCUT2D eigenvalue weighted by molar-refractivity contribution is 5.92. The minimum Gasteiger partial charge on any atom is -0.507 e. The first-order valence-corrected chi connectivity index (χ1v) is 13.5. The number of ether oxygens (including phenoxy) is 1. The first-order chi connectivity index (χ1) is 19.5. The lowest BCUT2D eigenvalue weighted by atomic mass is 9.98. The fraction of sp³-hybridized carbons (Fsp3) is 0.344. The van der Waals surface area contributed by atoms with Crippen molar-refractivity contribution < 1.29 is 29.3 Å². The van der Waals surface area contributed by atoms with Crippen molar-refractivity contribution in [2.24, 2.45) is 0 Å². The van der Waals surface area contributed by atoms with Crippen LogP contribution in [0, 0.1) is 6.92 Å². The highest BCUT2D eigenvalue weighted by Gasteiger charge is 2.37. The Kier molecular flexibility index (Phi) is 10.9. The van der Waals surface area contributed by atoms with Crippen LogP contribution in [0.25, 0.3) is 0 Å². The molecule has 9 heteroatoms. The number of phenols is 1. The van der Waals surface area contributed by atoms with E-state index in [0.717, 1.165) is 11.1 Å². The van der Waals surface area contributed by atoms with Gasteiger partial charge in [0.25, 0.3) is 0 Å². The van der Waals surface area contributed by atoms with E-state index in [1.165, 1.54) is 4.90 Å². The van der Waals surface area contributed by atoms with Crippen molar-refractivity contribution in [3.8, 4) is 5.75 Å². The number of aryl methyl sites for hydroxylation is 1. The van der Waals surface area contributed by atoms with E-state index in [9.17, 15) is 24.6 Å². The summed E-state index contributed by atoms with van der Waals surface area (Å²) < 4.78 is 5.42. The van der Waals surface area contributed by atoms with Gasteiger partial charge in [-0.05, 0) is 44.4 Å². The molecule has 0 aliphatic carbocycles. The molecule has 0 saturated heterocycles. The maximum absolute atomic E-state index is 14.2. The van der Waals surface area contributed by atoms with E-state index in [1.807, 2.05) is 60.7 Å². The third-order valence-electron chi connectivity index (χ3n) is 6.33. The molecule has 3 aromatic rings. The molecule has 0 radical (unpaired) electrons. The summed E-state index contributed by atoms with van der Waals surface area (Å²) in [6, 6.07) is 20.9. The smallest absolute Gasteiger partial charge is 0.408 e. The fourth-order valence-corrected chi connectivity index (χ4v) is 4.41. The Bertz CT molecular complexity index is 1310. The maximum atomic E-state index is 14.2. The number of para-hydroxylation sites is 1. The predicted octanol–water partition coefficient (Wildman–Crippen LogP) is 4.02. The molecule has 0 aromatic heterocycles. The molecule has 9 nitrogen and oxygen atoms in total. The van der Waals surface area contributed by atoms with Crippen LogP contribution in [0.4, 0.5) is 4.79 Å². The second kappa shape index (κ2) is 14.3. The van der Waals surface area contributed by atoms with E-state index < -0.39 is 42.2 Å².